The van der Waals surface area contributed by atoms with Gasteiger partial charge in [-0.1, -0.05) is 6.92 Å². The Hall–Kier alpha value is -1.72. The lowest BCUT2D eigenvalue weighted by Gasteiger charge is -2.01. The lowest BCUT2D eigenvalue weighted by molar-refractivity contribution is 0.575. The summed E-state index contributed by atoms with van der Waals surface area (Å²) in [6.45, 7) is 2.13. The van der Waals surface area contributed by atoms with Crippen molar-refractivity contribution in [1.29, 1.82) is 0 Å². The van der Waals surface area contributed by atoms with Crippen LogP contribution in [0.3, 0.4) is 0 Å². The Morgan fingerprint density at radius 3 is 2.69 bits per heavy atom. The Balaban J connectivity index is 3.39. The standard InChI is InChI=1S/C7H9N3O3/c1-2-4-9-6(11)3-5-10(8-13)7(9)12/h3,5H,2,4H2,1H3. The third kappa shape index (κ3) is 1.71. The van der Waals surface area contributed by atoms with Crippen LogP contribution in [0.2, 0.25) is 0 Å². The molecule has 0 aliphatic rings. The number of nitroso groups, excluding NO2 is 1. The van der Waals surface area contributed by atoms with Crippen molar-refractivity contribution in [2.45, 2.75) is 19.9 Å². The van der Waals surface area contributed by atoms with E-state index < -0.39 is 11.2 Å². The monoisotopic (exact) mass is 183 g/mol. The highest BCUT2D eigenvalue weighted by atomic mass is 16.3. The molecule has 0 radical (unpaired) electrons. The molecule has 0 spiro atoms. The van der Waals surface area contributed by atoms with Crippen molar-refractivity contribution in [2.24, 2.45) is 5.29 Å². The summed E-state index contributed by atoms with van der Waals surface area (Å²) in [7, 11) is 0. The highest BCUT2D eigenvalue weighted by molar-refractivity contribution is 4.85. The fourth-order valence-electron chi connectivity index (χ4n) is 0.998. The van der Waals surface area contributed by atoms with Crippen LogP contribution >= 0.6 is 0 Å². The number of hydrogen-bond donors (Lipinski definition) is 0. The fraction of sp³-hybridized carbons (Fsp3) is 0.429. The van der Waals surface area contributed by atoms with Crippen molar-refractivity contribution in [2.75, 3.05) is 0 Å². The lowest BCUT2D eigenvalue weighted by Crippen LogP contribution is -2.37. The minimum absolute atomic E-state index is 0.300. The van der Waals surface area contributed by atoms with E-state index in [2.05, 4.69) is 5.29 Å². The molecule has 1 aromatic heterocycles. The van der Waals surface area contributed by atoms with Gasteiger partial charge in [-0.3, -0.25) is 9.36 Å². The molecule has 0 aliphatic heterocycles. The van der Waals surface area contributed by atoms with Crippen molar-refractivity contribution in [3.63, 3.8) is 0 Å². The summed E-state index contributed by atoms with van der Waals surface area (Å²) in [5.41, 5.74) is -1.10. The van der Waals surface area contributed by atoms with E-state index in [-0.39, 0.29) is 0 Å². The van der Waals surface area contributed by atoms with E-state index in [9.17, 15) is 14.5 Å². The molecule has 70 valence electrons. The Bertz CT molecular complexity index is 418. The largest absolute Gasteiger partial charge is 0.354 e. The molecule has 0 amide bonds. The summed E-state index contributed by atoms with van der Waals surface area (Å²) in [6.07, 6.45) is 1.71. The molecule has 6 nitrogen and oxygen atoms in total. The molecule has 0 N–H and O–H groups in total. The molecular formula is C7H9N3O3. The van der Waals surface area contributed by atoms with Crippen molar-refractivity contribution in [1.82, 2.24) is 9.24 Å². The maximum atomic E-state index is 11.2. The van der Waals surface area contributed by atoms with Gasteiger partial charge in [-0.2, -0.15) is 4.68 Å². The fourth-order valence-corrected chi connectivity index (χ4v) is 0.998. The molecule has 1 aromatic rings. The van der Waals surface area contributed by atoms with Gasteiger partial charge in [0.2, 0.25) is 0 Å². The van der Waals surface area contributed by atoms with E-state index in [1.54, 1.807) is 0 Å². The maximum absolute atomic E-state index is 11.2. The topological polar surface area (TPSA) is 73.4 Å². The maximum Gasteiger partial charge on any atom is 0.354 e. The van der Waals surface area contributed by atoms with Crippen LogP contribution in [0.25, 0.3) is 0 Å². The van der Waals surface area contributed by atoms with Gasteiger partial charge in [0.25, 0.3) is 5.56 Å². The first-order chi connectivity index (χ1) is 6.20. The van der Waals surface area contributed by atoms with Crippen LogP contribution < -0.4 is 11.2 Å². The molecule has 0 bridgehead atoms. The second kappa shape index (κ2) is 3.79. The first kappa shape index (κ1) is 9.37. The van der Waals surface area contributed by atoms with Crippen molar-refractivity contribution in [3.05, 3.63) is 38.0 Å². The zero-order chi connectivity index (χ0) is 9.84. The normalized spacial score (nSPS) is 9.92. The summed E-state index contributed by atoms with van der Waals surface area (Å²) < 4.78 is 1.57. The van der Waals surface area contributed by atoms with Crippen LogP contribution in [0.4, 0.5) is 0 Å². The Morgan fingerprint density at radius 2 is 2.15 bits per heavy atom. The number of rotatable bonds is 3. The molecule has 0 fully saturated rings. The third-order valence-electron chi connectivity index (χ3n) is 1.59. The quantitative estimate of drug-likeness (QED) is 0.616. The lowest BCUT2D eigenvalue weighted by atomic mass is 10.4. The van der Waals surface area contributed by atoms with E-state index in [1.165, 1.54) is 0 Å². The van der Waals surface area contributed by atoms with E-state index in [0.717, 1.165) is 16.8 Å². The minimum atomic E-state index is -0.690. The van der Waals surface area contributed by atoms with Gasteiger partial charge in [0.1, 0.15) is 0 Å². The molecule has 1 rings (SSSR count). The number of nitrogens with zero attached hydrogens (tertiary/aromatic N) is 3. The summed E-state index contributed by atoms with van der Waals surface area (Å²) in [5, 5.41) is 2.45. The summed E-state index contributed by atoms with van der Waals surface area (Å²) in [5.74, 6) is 0. The van der Waals surface area contributed by atoms with Crippen LogP contribution in [-0.2, 0) is 6.54 Å². The summed E-state index contributed by atoms with van der Waals surface area (Å²) >= 11 is 0. The highest BCUT2D eigenvalue weighted by Crippen LogP contribution is 1.81. The molecule has 6 heteroatoms. The Labute approximate surface area is 73.4 Å². The molecule has 0 saturated heterocycles. The van der Waals surface area contributed by atoms with Crippen molar-refractivity contribution in [3.8, 4) is 0 Å². The van der Waals surface area contributed by atoms with Crippen LogP contribution in [0.15, 0.2) is 27.1 Å². The van der Waals surface area contributed by atoms with Gasteiger partial charge in [-0.25, -0.2) is 4.79 Å². The first-order valence-corrected chi connectivity index (χ1v) is 3.87. The van der Waals surface area contributed by atoms with Crippen LogP contribution in [-0.4, -0.2) is 9.24 Å². The summed E-state index contributed by atoms with van der Waals surface area (Å²) in [4.78, 5) is 32.4. The third-order valence-corrected chi connectivity index (χ3v) is 1.59. The Morgan fingerprint density at radius 1 is 1.46 bits per heavy atom. The van der Waals surface area contributed by atoms with E-state index in [1.807, 2.05) is 6.92 Å². The predicted octanol–water partition coefficient (Wildman–Crippen LogP) is -0.0505. The zero-order valence-electron chi connectivity index (χ0n) is 7.14. The number of hydrogen-bond acceptors (Lipinski definition) is 4. The van der Waals surface area contributed by atoms with Gasteiger partial charge < -0.3 is 0 Å². The highest BCUT2D eigenvalue weighted by Gasteiger charge is 2.02. The van der Waals surface area contributed by atoms with Crippen LogP contribution in [0, 0.1) is 4.91 Å². The molecule has 0 aromatic carbocycles. The molecule has 1 heterocycles. The molecule has 13 heavy (non-hydrogen) atoms. The van der Waals surface area contributed by atoms with Gasteiger partial charge in [-0.15, -0.1) is 4.91 Å². The van der Waals surface area contributed by atoms with Gasteiger partial charge >= 0.3 is 5.69 Å². The van der Waals surface area contributed by atoms with Crippen LogP contribution in [0.5, 0.6) is 0 Å². The minimum Gasteiger partial charge on any atom is -0.269 e. The van der Waals surface area contributed by atoms with Gasteiger partial charge in [0.05, 0.1) is 5.29 Å². The van der Waals surface area contributed by atoms with Crippen molar-refractivity contribution >= 4 is 0 Å². The van der Waals surface area contributed by atoms with Gasteiger partial charge in [-0.05, 0) is 6.42 Å². The number of aromatic nitrogens is 2. The molecule has 0 atom stereocenters. The summed E-state index contributed by atoms with van der Waals surface area (Å²) in [6, 6.07) is 1.14. The SMILES string of the molecule is CCCn1c(=O)ccn(N=O)c1=O. The van der Waals surface area contributed by atoms with Gasteiger partial charge in [0.15, 0.2) is 0 Å². The predicted molar refractivity (Wildman–Crippen MR) is 46.4 cm³/mol. The smallest absolute Gasteiger partial charge is 0.269 e. The second-order valence-corrected chi connectivity index (χ2v) is 2.51. The molecule has 0 aliphatic carbocycles. The molecule has 0 saturated carbocycles. The average molecular weight is 183 g/mol. The van der Waals surface area contributed by atoms with Crippen LogP contribution in [0.1, 0.15) is 13.3 Å². The van der Waals surface area contributed by atoms with E-state index in [4.69, 9.17) is 0 Å². The first-order valence-electron chi connectivity index (χ1n) is 3.87. The Kier molecular flexibility index (Phi) is 2.73. The van der Waals surface area contributed by atoms with E-state index >= 15 is 0 Å². The molecule has 0 unspecified atom stereocenters. The van der Waals surface area contributed by atoms with E-state index in [0.29, 0.717) is 17.6 Å². The molecular weight excluding hydrogens is 174 g/mol. The van der Waals surface area contributed by atoms with Gasteiger partial charge in [0, 0.05) is 18.8 Å². The van der Waals surface area contributed by atoms with Crippen molar-refractivity contribution < 1.29 is 0 Å². The second-order valence-electron chi connectivity index (χ2n) is 2.51. The zero-order valence-corrected chi connectivity index (χ0v) is 7.14. The average Bonchev–Trinajstić information content (AvgIpc) is 2.12.